The Balaban J connectivity index is 1.60. The monoisotopic (exact) mass is 425 g/mol. The number of aromatic nitrogens is 4. The molecule has 0 saturated heterocycles. The zero-order valence-corrected chi connectivity index (χ0v) is 18.2. The van der Waals surface area contributed by atoms with Crippen molar-refractivity contribution in [2.45, 2.75) is 32.6 Å². The Kier molecular flexibility index (Phi) is 7.12. The minimum Gasteiger partial charge on any atom is -0.369 e. The molecule has 0 aliphatic carbocycles. The van der Waals surface area contributed by atoms with E-state index in [9.17, 15) is 4.79 Å². The first-order valence-corrected chi connectivity index (χ1v) is 11.0. The molecule has 1 atom stereocenters. The molecule has 1 N–H and O–H groups in total. The van der Waals surface area contributed by atoms with Crippen molar-refractivity contribution in [2.75, 3.05) is 11.9 Å². The van der Waals surface area contributed by atoms with E-state index in [0.29, 0.717) is 31.0 Å². The maximum absolute atomic E-state index is 12.4. The minimum absolute atomic E-state index is 0.174. The fraction of sp³-hybridized carbons (Fsp3) is 0.269. The van der Waals surface area contributed by atoms with Gasteiger partial charge in [0.05, 0.1) is 11.7 Å². The van der Waals surface area contributed by atoms with E-state index in [1.807, 2.05) is 43.3 Å². The molecule has 0 saturated carbocycles. The van der Waals surface area contributed by atoms with Gasteiger partial charge in [-0.25, -0.2) is 9.97 Å². The maximum atomic E-state index is 12.4. The standard InChI is InChI=1S/C26H27N5O/c1-2-6-22(32)16-20(15-19-7-4-3-5-8-19)17-29-26-23-11-14-28-18-24(23)30-25(31-26)21-9-12-27-13-10-21/h3-5,7-14,18,20H,2,6,15-17H2,1H3,(H,29,30,31)/t20-/m1/s1. The number of nitrogens with zero attached hydrogens (tertiary/aromatic N) is 4. The number of hydrogen-bond acceptors (Lipinski definition) is 6. The molecule has 0 bridgehead atoms. The quantitative estimate of drug-likeness (QED) is 0.380. The summed E-state index contributed by atoms with van der Waals surface area (Å²) in [6.07, 6.45) is 9.85. The predicted octanol–water partition coefficient (Wildman–Crippen LogP) is 5.12. The second kappa shape index (κ2) is 10.6. The van der Waals surface area contributed by atoms with E-state index in [-0.39, 0.29) is 5.92 Å². The third kappa shape index (κ3) is 5.52. The van der Waals surface area contributed by atoms with Gasteiger partial charge in [-0.3, -0.25) is 14.8 Å². The van der Waals surface area contributed by atoms with E-state index in [4.69, 9.17) is 4.98 Å². The first-order chi connectivity index (χ1) is 15.7. The van der Waals surface area contributed by atoms with Gasteiger partial charge in [-0.2, -0.15) is 0 Å². The third-order valence-corrected chi connectivity index (χ3v) is 5.41. The van der Waals surface area contributed by atoms with E-state index in [1.165, 1.54) is 5.56 Å². The zero-order chi connectivity index (χ0) is 22.2. The van der Waals surface area contributed by atoms with Gasteiger partial charge in [0.1, 0.15) is 11.6 Å². The fourth-order valence-electron chi connectivity index (χ4n) is 3.85. The Labute approximate surface area is 188 Å². The number of rotatable bonds is 10. The molecule has 0 radical (unpaired) electrons. The molecule has 32 heavy (non-hydrogen) atoms. The van der Waals surface area contributed by atoms with Gasteiger partial charge in [-0.05, 0) is 42.5 Å². The number of hydrogen-bond donors (Lipinski definition) is 1. The number of ketones is 1. The summed E-state index contributed by atoms with van der Waals surface area (Å²) < 4.78 is 0. The van der Waals surface area contributed by atoms with Gasteiger partial charge < -0.3 is 5.32 Å². The SMILES string of the molecule is CCCC(=O)C[C@H](CNc1nc(-c2ccncc2)nc2cnccc12)Cc1ccccc1. The van der Waals surface area contributed by atoms with Crippen LogP contribution < -0.4 is 5.32 Å². The number of nitrogens with one attached hydrogen (secondary N) is 1. The highest BCUT2D eigenvalue weighted by atomic mass is 16.1. The molecule has 6 heteroatoms. The van der Waals surface area contributed by atoms with Gasteiger partial charge in [0.25, 0.3) is 0 Å². The second-order valence-electron chi connectivity index (χ2n) is 7.95. The van der Waals surface area contributed by atoms with E-state index in [2.05, 4.69) is 32.4 Å². The lowest BCUT2D eigenvalue weighted by molar-refractivity contribution is -0.119. The van der Waals surface area contributed by atoms with Gasteiger partial charge in [0, 0.05) is 48.9 Å². The van der Waals surface area contributed by atoms with Gasteiger partial charge in [-0.15, -0.1) is 0 Å². The van der Waals surface area contributed by atoms with Crippen molar-refractivity contribution >= 4 is 22.5 Å². The normalized spacial score (nSPS) is 11.9. The van der Waals surface area contributed by atoms with Crippen LogP contribution in [-0.2, 0) is 11.2 Å². The highest BCUT2D eigenvalue weighted by Gasteiger charge is 2.16. The molecule has 1 aromatic carbocycles. The van der Waals surface area contributed by atoms with Crippen LogP contribution in [0.15, 0.2) is 73.3 Å². The van der Waals surface area contributed by atoms with Crippen molar-refractivity contribution in [1.29, 1.82) is 0 Å². The Hall–Kier alpha value is -3.67. The predicted molar refractivity (Wildman–Crippen MR) is 127 cm³/mol. The average Bonchev–Trinajstić information content (AvgIpc) is 2.83. The van der Waals surface area contributed by atoms with Crippen LogP contribution in [0, 0.1) is 5.92 Å². The molecule has 0 aliphatic rings. The van der Waals surface area contributed by atoms with Gasteiger partial charge in [0.15, 0.2) is 5.82 Å². The summed E-state index contributed by atoms with van der Waals surface area (Å²) in [4.78, 5) is 30.2. The lowest BCUT2D eigenvalue weighted by Gasteiger charge is -2.19. The smallest absolute Gasteiger partial charge is 0.162 e. The topological polar surface area (TPSA) is 80.7 Å². The molecule has 4 aromatic rings. The molecule has 162 valence electrons. The van der Waals surface area contributed by atoms with Crippen molar-refractivity contribution < 1.29 is 4.79 Å². The molecule has 0 amide bonds. The van der Waals surface area contributed by atoms with Crippen LogP contribution in [-0.4, -0.2) is 32.3 Å². The molecule has 3 heterocycles. The van der Waals surface area contributed by atoms with Crippen LogP contribution in [0.5, 0.6) is 0 Å². The van der Waals surface area contributed by atoms with Crippen LogP contribution in [0.1, 0.15) is 31.7 Å². The van der Waals surface area contributed by atoms with E-state index in [1.54, 1.807) is 24.8 Å². The van der Waals surface area contributed by atoms with Crippen molar-refractivity contribution in [2.24, 2.45) is 5.92 Å². The summed E-state index contributed by atoms with van der Waals surface area (Å²) in [5.41, 5.74) is 2.91. The number of anilines is 1. The summed E-state index contributed by atoms with van der Waals surface area (Å²) in [6, 6.07) is 16.0. The minimum atomic E-state index is 0.174. The Morgan fingerprint density at radius 3 is 2.53 bits per heavy atom. The molecule has 0 aliphatic heterocycles. The van der Waals surface area contributed by atoms with E-state index in [0.717, 1.165) is 35.1 Å². The average molecular weight is 426 g/mol. The van der Waals surface area contributed by atoms with Crippen LogP contribution in [0.2, 0.25) is 0 Å². The van der Waals surface area contributed by atoms with Crippen LogP contribution in [0.25, 0.3) is 22.3 Å². The molecule has 3 aromatic heterocycles. The van der Waals surface area contributed by atoms with E-state index >= 15 is 0 Å². The molecule has 0 spiro atoms. The Morgan fingerprint density at radius 2 is 1.75 bits per heavy atom. The largest absolute Gasteiger partial charge is 0.369 e. The molecule has 0 fully saturated rings. The van der Waals surface area contributed by atoms with Crippen LogP contribution in [0.3, 0.4) is 0 Å². The number of benzene rings is 1. The molecule has 0 unspecified atom stereocenters. The Morgan fingerprint density at radius 1 is 0.969 bits per heavy atom. The van der Waals surface area contributed by atoms with Gasteiger partial charge >= 0.3 is 0 Å². The summed E-state index contributed by atoms with van der Waals surface area (Å²) >= 11 is 0. The number of Topliss-reactive ketones (excluding diaryl/α,β-unsaturated/α-hetero) is 1. The number of fused-ring (bicyclic) bond motifs is 1. The fourth-order valence-corrected chi connectivity index (χ4v) is 3.85. The summed E-state index contributed by atoms with van der Waals surface area (Å²) in [6.45, 7) is 2.69. The summed E-state index contributed by atoms with van der Waals surface area (Å²) in [5, 5.41) is 4.43. The number of carbonyl (C=O) groups is 1. The number of pyridine rings is 2. The molecular weight excluding hydrogens is 398 g/mol. The molecule has 6 nitrogen and oxygen atoms in total. The van der Waals surface area contributed by atoms with Gasteiger partial charge in [0.2, 0.25) is 0 Å². The first-order valence-electron chi connectivity index (χ1n) is 11.0. The molecular formula is C26H27N5O. The third-order valence-electron chi connectivity index (χ3n) is 5.41. The van der Waals surface area contributed by atoms with E-state index < -0.39 is 0 Å². The van der Waals surface area contributed by atoms with Crippen molar-refractivity contribution in [3.63, 3.8) is 0 Å². The Bertz CT molecular complexity index is 1160. The highest BCUT2D eigenvalue weighted by molar-refractivity contribution is 5.90. The van der Waals surface area contributed by atoms with Crippen molar-refractivity contribution in [3.8, 4) is 11.4 Å². The van der Waals surface area contributed by atoms with Crippen LogP contribution >= 0.6 is 0 Å². The second-order valence-corrected chi connectivity index (χ2v) is 7.95. The van der Waals surface area contributed by atoms with Crippen molar-refractivity contribution in [3.05, 3.63) is 78.9 Å². The summed E-state index contributed by atoms with van der Waals surface area (Å²) in [7, 11) is 0. The maximum Gasteiger partial charge on any atom is 0.162 e. The lowest BCUT2D eigenvalue weighted by Crippen LogP contribution is -2.21. The zero-order valence-electron chi connectivity index (χ0n) is 18.2. The molecule has 4 rings (SSSR count). The van der Waals surface area contributed by atoms with Crippen molar-refractivity contribution in [1.82, 2.24) is 19.9 Å². The lowest BCUT2D eigenvalue weighted by atomic mass is 9.93. The highest BCUT2D eigenvalue weighted by Crippen LogP contribution is 2.25. The van der Waals surface area contributed by atoms with Crippen LogP contribution in [0.4, 0.5) is 5.82 Å². The van der Waals surface area contributed by atoms with Gasteiger partial charge in [-0.1, -0.05) is 37.3 Å². The number of carbonyl (C=O) groups excluding carboxylic acids is 1. The summed E-state index contributed by atoms with van der Waals surface area (Å²) in [5.74, 6) is 1.86. The first kappa shape index (κ1) is 21.6.